The predicted molar refractivity (Wildman–Crippen MR) is 76.5 cm³/mol. The van der Waals surface area contributed by atoms with Crippen LogP contribution in [0.25, 0.3) is 10.8 Å². The maximum absolute atomic E-state index is 6.41. The maximum atomic E-state index is 6.41. The Kier molecular flexibility index (Phi) is 3.31. The van der Waals surface area contributed by atoms with Crippen LogP contribution in [0.3, 0.4) is 0 Å². The molecule has 1 saturated heterocycles. The van der Waals surface area contributed by atoms with Gasteiger partial charge in [0.25, 0.3) is 0 Å². The predicted octanol–water partition coefficient (Wildman–Crippen LogP) is 2.84. The van der Waals surface area contributed by atoms with Gasteiger partial charge in [0.05, 0.1) is 0 Å². The molecule has 2 nitrogen and oxygen atoms in total. The Hall–Kier alpha value is -1.38. The third-order valence-electron chi connectivity index (χ3n) is 3.97. The van der Waals surface area contributed by atoms with Gasteiger partial charge in [0.2, 0.25) is 0 Å². The molecule has 0 radical (unpaired) electrons. The number of hydrogen-bond acceptors (Lipinski definition) is 2. The second kappa shape index (κ2) is 5.09. The largest absolute Gasteiger partial charge is 0.324 e. The Labute approximate surface area is 108 Å². The first kappa shape index (κ1) is 11.7. The van der Waals surface area contributed by atoms with E-state index in [1.807, 2.05) is 0 Å². The van der Waals surface area contributed by atoms with Gasteiger partial charge in [-0.05, 0) is 48.2 Å². The van der Waals surface area contributed by atoms with Crippen LogP contribution in [0.15, 0.2) is 42.5 Å². The van der Waals surface area contributed by atoms with Crippen molar-refractivity contribution in [3.8, 4) is 0 Å². The monoisotopic (exact) mass is 240 g/mol. The second-order valence-electron chi connectivity index (χ2n) is 5.27. The zero-order valence-corrected chi connectivity index (χ0v) is 10.6. The van der Waals surface area contributed by atoms with Crippen LogP contribution in [0.2, 0.25) is 0 Å². The molecule has 2 heteroatoms. The van der Waals surface area contributed by atoms with E-state index in [2.05, 4.69) is 47.8 Å². The minimum Gasteiger partial charge on any atom is -0.324 e. The highest BCUT2D eigenvalue weighted by Gasteiger charge is 2.19. The Morgan fingerprint density at radius 3 is 2.83 bits per heavy atom. The van der Waals surface area contributed by atoms with Gasteiger partial charge in [-0.1, -0.05) is 42.5 Å². The third-order valence-corrected chi connectivity index (χ3v) is 3.97. The number of rotatable bonds is 3. The Balaban J connectivity index is 1.88. The lowest BCUT2D eigenvalue weighted by atomic mass is 9.91. The van der Waals surface area contributed by atoms with Crippen molar-refractivity contribution in [3.63, 3.8) is 0 Å². The first-order chi connectivity index (χ1) is 8.84. The number of benzene rings is 2. The van der Waals surface area contributed by atoms with Crippen molar-refractivity contribution in [3.05, 3.63) is 48.0 Å². The molecule has 2 atom stereocenters. The van der Waals surface area contributed by atoms with Gasteiger partial charge in [-0.25, -0.2) is 0 Å². The topological polar surface area (TPSA) is 38.0 Å². The number of hydrogen-bond donors (Lipinski definition) is 2. The molecule has 0 amide bonds. The van der Waals surface area contributed by atoms with Crippen LogP contribution in [-0.2, 0) is 0 Å². The number of nitrogens with two attached hydrogens (primary N) is 1. The average Bonchev–Trinajstić information content (AvgIpc) is 2.91. The molecule has 1 aliphatic rings. The van der Waals surface area contributed by atoms with Crippen LogP contribution in [0, 0.1) is 5.92 Å². The SMILES string of the molecule is NC(CC1CCNC1)c1cccc2ccccc12. The summed E-state index contributed by atoms with van der Waals surface area (Å²) in [5.41, 5.74) is 7.70. The Morgan fingerprint density at radius 2 is 2.00 bits per heavy atom. The van der Waals surface area contributed by atoms with Crippen molar-refractivity contribution in [1.82, 2.24) is 5.32 Å². The first-order valence-electron chi connectivity index (χ1n) is 6.78. The Bertz CT molecular complexity index is 524. The standard InChI is InChI=1S/C16H20N2/c17-16(10-12-8-9-18-11-12)15-7-3-5-13-4-1-2-6-14(13)15/h1-7,12,16,18H,8-11,17H2. The van der Waals surface area contributed by atoms with Gasteiger partial charge in [0.15, 0.2) is 0 Å². The van der Waals surface area contributed by atoms with E-state index in [0.29, 0.717) is 0 Å². The van der Waals surface area contributed by atoms with Gasteiger partial charge in [-0.15, -0.1) is 0 Å². The van der Waals surface area contributed by atoms with Crippen LogP contribution in [-0.4, -0.2) is 13.1 Å². The molecule has 18 heavy (non-hydrogen) atoms. The van der Waals surface area contributed by atoms with E-state index in [4.69, 9.17) is 5.73 Å². The van der Waals surface area contributed by atoms with E-state index in [9.17, 15) is 0 Å². The van der Waals surface area contributed by atoms with Crippen LogP contribution < -0.4 is 11.1 Å². The van der Waals surface area contributed by atoms with E-state index >= 15 is 0 Å². The summed E-state index contributed by atoms with van der Waals surface area (Å²) in [6, 6.07) is 15.1. The van der Waals surface area contributed by atoms with Crippen molar-refractivity contribution < 1.29 is 0 Å². The third kappa shape index (κ3) is 2.26. The van der Waals surface area contributed by atoms with Gasteiger partial charge < -0.3 is 11.1 Å². The van der Waals surface area contributed by atoms with E-state index < -0.39 is 0 Å². The molecule has 2 aromatic rings. The molecule has 1 fully saturated rings. The molecule has 0 aliphatic carbocycles. The van der Waals surface area contributed by atoms with Crippen LogP contribution in [0.4, 0.5) is 0 Å². The molecule has 3 N–H and O–H groups in total. The molecular weight excluding hydrogens is 220 g/mol. The zero-order chi connectivity index (χ0) is 12.4. The summed E-state index contributed by atoms with van der Waals surface area (Å²) in [7, 11) is 0. The lowest BCUT2D eigenvalue weighted by Gasteiger charge is -2.18. The molecule has 3 rings (SSSR count). The molecular formula is C16H20N2. The van der Waals surface area contributed by atoms with E-state index in [1.165, 1.54) is 22.8 Å². The number of nitrogens with one attached hydrogen (secondary N) is 1. The molecule has 1 heterocycles. The summed E-state index contributed by atoms with van der Waals surface area (Å²) in [4.78, 5) is 0. The fourth-order valence-corrected chi connectivity index (χ4v) is 2.98. The van der Waals surface area contributed by atoms with E-state index in [-0.39, 0.29) is 6.04 Å². The van der Waals surface area contributed by atoms with E-state index in [1.54, 1.807) is 0 Å². The summed E-state index contributed by atoms with van der Waals surface area (Å²) in [5.74, 6) is 0.735. The molecule has 0 aromatic heterocycles. The summed E-state index contributed by atoms with van der Waals surface area (Å²) in [5, 5.41) is 6.00. The fraction of sp³-hybridized carbons (Fsp3) is 0.375. The highest BCUT2D eigenvalue weighted by Crippen LogP contribution is 2.28. The lowest BCUT2D eigenvalue weighted by molar-refractivity contribution is 0.474. The van der Waals surface area contributed by atoms with Gasteiger partial charge in [0.1, 0.15) is 0 Å². The van der Waals surface area contributed by atoms with Gasteiger partial charge in [0, 0.05) is 6.04 Å². The van der Waals surface area contributed by atoms with Crippen molar-refractivity contribution in [1.29, 1.82) is 0 Å². The molecule has 0 spiro atoms. The molecule has 0 saturated carbocycles. The highest BCUT2D eigenvalue weighted by molar-refractivity contribution is 5.86. The maximum Gasteiger partial charge on any atom is 0.0304 e. The Morgan fingerprint density at radius 1 is 1.17 bits per heavy atom. The summed E-state index contributed by atoms with van der Waals surface area (Å²) < 4.78 is 0. The molecule has 0 bridgehead atoms. The molecule has 94 valence electrons. The van der Waals surface area contributed by atoms with Crippen molar-refractivity contribution in [2.45, 2.75) is 18.9 Å². The van der Waals surface area contributed by atoms with Crippen LogP contribution in [0.1, 0.15) is 24.4 Å². The smallest absolute Gasteiger partial charge is 0.0304 e. The first-order valence-corrected chi connectivity index (χ1v) is 6.78. The van der Waals surface area contributed by atoms with Crippen molar-refractivity contribution in [2.75, 3.05) is 13.1 Å². The normalized spacial score (nSPS) is 21.3. The van der Waals surface area contributed by atoms with Crippen molar-refractivity contribution in [2.24, 2.45) is 11.7 Å². The van der Waals surface area contributed by atoms with Crippen LogP contribution >= 0.6 is 0 Å². The fourth-order valence-electron chi connectivity index (χ4n) is 2.98. The zero-order valence-electron chi connectivity index (χ0n) is 10.6. The quantitative estimate of drug-likeness (QED) is 0.865. The minimum atomic E-state index is 0.154. The molecule has 2 unspecified atom stereocenters. The summed E-state index contributed by atoms with van der Waals surface area (Å²) in [6.07, 6.45) is 2.35. The summed E-state index contributed by atoms with van der Waals surface area (Å²) >= 11 is 0. The summed E-state index contributed by atoms with van der Waals surface area (Å²) in [6.45, 7) is 2.27. The average molecular weight is 240 g/mol. The van der Waals surface area contributed by atoms with Gasteiger partial charge in [-0.2, -0.15) is 0 Å². The minimum absolute atomic E-state index is 0.154. The number of fused-ring (bicyclic) bond motifs is 1. The lowest BCUT2D eigenvalue weighted by Crippen LogP contribution is -2.17. The van der Waals surface area contributed by atoms with Crippen molar-refractivity contribution >= 4 is 10.8 Å². The van der Waals surface area contributed by atoms with E-state index in [0.717, 1.165) is 25.4 Å². The molecule has 1 aliphatic heterocycles. The van der Waals surface area contributed by atoms with Gasteiger partial charge >= 0.3 is 0 Å². The van der Waals surface area contributed by atoms with Crippen LogP contribution in [0.5, 0.6) is 0 Å². The highest BCUT2D eigenvalue weighted by atomic mass is 14.9. The second-order valence-corrected chi connectivity index (χ2v) is 5.27. The van der Waals surface area contributed by atoms with Gasteiger partial charge in [-0.3, -0.25) is 0 Å². The molecule has 2 aromatic carbocycles.